The number of carbonyl (C=O) groups is 1. The van der Waals surface area contributed by atoms with Crippen molar-refractivity contribution in [2.24, 2.45) is 0 Å². The van der Waals surface area contributed by atoms with E-state index in [0.29, 0.717) is 6.61 Å². The van der Waals surface area contributed by atoms with E-state index in [1.54, 1.807) is 18.6 Å². The molecule has 0 aromatic carbocycles. The summed E-state index contributed by atoms with van der Waals surface area (Å²) in [5.41, 5.74) is 0.890. The Kier molecular flexibility index (Phi) is 3.23. The molecule has 0 N–H and O–H groups in total. The molecule has 0 spiro atoms. The Labute approximate surface area is 106 Å². The summed E-state index contributed by atoms with van der Waals surface area (Å²) in [5.74, 6) is 0.126. The number of likely N-dealkylation sites (tertiary alicyclic amines) is 1. The molecule has 3 rings (SSSR count). The maximum atomic E-state index is 12.4. The van der Waals surface area contributed by atoms with Gasteiger partial charge in [-0.2, -0.15) is 0 Å². The van der Waals surface area contributed by atoms with Crippen molar-refractivity contribution < 1.29 is 9.53 Å². The van der Waals surface area contributed by atoms with Crippen LogP contribution >= 0.6 is 0 Å². The van der Waals surface area contributed by atoms with Gasteiger partial charge in [0.2, 0.25) is 0 Å². The Morgan fingerprint density at radius 3 is 3.00 bits per heavy atom. The van der Waals surface area contributed by atoms with Crippen LogP contribution in [0.3, 0.4) is 0 Å². The highest BCUT2D eigenvalue weighted by Gasteiger charge is 2.36. The normalized spacial score (nSPS) is 27.7. The van der Waals surface area contributed by atoms with Gasteiger partial charge in [-0.1, -0.05) is 0 Å². The van der Waals surface area contributed by atoms with Crippen LogP contribution in [-0.2, 0) is 9.53 Å². The maximum Gasteiger partial charge on any atom is 0.252 e. The van der Waals surface area contributed by atoms with E-state index < -0.39 is 0 Å². The summed E-state index contributed by atoms with van der Waals surface area (Å²) in [6.45, 7) is 1.51. The highest BCUT2D eigenvalue weighted by atomic mass is 16.5. The van der Waals surface area contributed by atoms with Crippen LogP contribution in [0.2, 0.25) is 0 Å². The minimum Gasteiger partial charge on any atom is -0.368 e. The molecule has 2 unspecified atom stereocenters. The molecule has 1 aromatic rings. The largest absolute Gasteiger partial charge is 0.368 e. The number of rotatable bonds is 2. The van der Waals surface area contributed by atoms with Crippen molar-refractivity contribution in [3.8, 4) is 0 Å². The zero-order chi connectivity index (χ0) is 12.4. The topological polar surface area (TPSA) is 55.3 Å². The summed E-state index contributed by atoms with van der Waals surface area (Å²) >= 11 is 0. The fourth-order valence-electron chi connectivity index (χ4n) is 2.78. The zero-order valence-corrected chi connectivity index (χ0v) is 10.3. The van der Waals surface area contributed by atoms with Gasteiger partial charge < -0.3 is 9.64 Å². The van der Waals surface area contributed by atoms with Gasteiger partial charge in [-0.25, -0.2) is 0 Å². The minimum atomic E-state index is -0.234. The molecule has 3 heterocycles. The van der Waals surface area contributed by atoms with Gasteiger partial charge in [-0.05, 0) is 25.7 Å². The Morgan fingerprint density at radius 2 is 2.28 bits per heavy atom. The fourth-order valence-corrected chi connectivity index (χ4v) is 2.78. The molecule has 96 valence electrons. The van der Waals surface area contributed by atoms with Gasteiger partial charge in [-0.15, -0.1) is 0 Å². The molecule has 2 aliphatic rings. The molecule has 2 saturated heterocycles. The van der Waals surface area contributed by atoms with Crippen LogP contribution in [0.25, 0.3) is 0 Å². The first-order valence-corrected chi connectivity index (χ1v) is 6.54. The third-order valence-electron chi connectivity index (χ3n) is 3.67. The molecule has 1 aromatic heterocycles. The fraction of sp³-hybridized carbons (Fsp3) is 0.615. The van der Waals surface area contributed by atoms with Crippen molar-refractivity contribution in [2.75, 3.05) is 13.2 Å². The number of aromatic nitrogens is 2. The highest BCUT2D eigenvalue weighted by Crippen LogP contribution is 2.32. The predicted molar refractivity (Wildman–Crippen MR) is 64.7 cm³/mol. The monoisotopic (exact) mass is 247 g/mol. The van der Waals surface area contributed by atoms with Gasteiger partial charge in [-0.3, -0.25) is 14.8 Å². The van der Waals surface area contributed by atoms with Gasteiger partial charge in [0.25, 0.3) is 5.91 Å². The molecule has 0 bridgehead atoms. The Morgan fingerprint density at radius 1 is 1.33 bits per heavy atom. The second-order valence-corrected chi connectivity index (χ2v) is 4.82. The molecule has 1 amide bonds. The quantitative estimate of drug-likeness (QED) is 0.791. The van der Waals surface area contributed by atoms with E-state index in [2.05, 4.69) is 9.97 Å². The van der Waals surface area contributed by atoms with E-state index >= 15 is 0 Å². The molecule has 5 heteroatoms. The first-order chi connectivity index (χ1) is 8.86. The molecular weight excluding hydrogens is 230 g/mol. The Bertz CT molecular complexity index is 418. The summed E-state index contributed by atoms with van der Waals surface area (Å²) in [5, 5.41) is 0. The summed E-state index contributed by atoms with van der Waals surface area (Å²) in [4.78, 5) is 22.7. The summed E-state index contributed by atoms with van der Waals surface area (Å²) in [6.07, 6.45) is 8.69. The van der Waals surface area contributed by atoms with Crippen molar-refractivity contribution in [1.82, 2.24) is 14.9 Å². The van der Waals surface area contributed by atoms with E-state index in [1.165, 1.54) is 0 Å². The van der Waals surface area contributed by atoms with Crippen LogP contribution in [0.4, 0.5) is 0 Å². The van der Waals surface area contributed by atoms with Crippen molar-refractivity contribution in [3.63, 3.8) is 0 Å². The zero-order valence-electron chi connectivity index (χ0n) is 10.3. The summed E-state index contributed by atoms with van der Waals surface area (Å²) in [7, 11) is 0. The van der Waals surface area contributed by atoms with Crippen LogP contribution in [0.5, 0.6) is 0 Å². The van der Waals surface area contributed by atoms with Crippen LogP contribution in [0, 0.1) is 0 Å². The predicted octanol–water partition coefficient (Wildman–Crippen LogP) is 1.32. The lowest BCUT2D eigenvalue weighted by atomic mass is 10.1. The summed E-state index contributed by atoms with van der Waals surface area (Å²) in [6, 6.07) is 0.0791. The van der Waals surface area contributed by atoms with Gasteiger partial charge in [0.15, 0.2) is 0 Å². The molecule has 5 nitrogen and oxygen atoms in total. The molecule has 2 aliphatic heterocycles. The van der Waals surface area contributed by atoms with Crippen LogP contribution in [0.15, 0.2) is 18.6 Å². The lowest BCUT2D eigenvalue weighted by molar-refractivity contribution is -0.142. The van der Waals surface area contributed by atoms with Crippen LogP contribution < -0.4 is 0 Å². The molecular formula is C13H17N3O2. The number of ether oxygens (including phenoxy) is 1. The Balaban J connectivity index is 1.77. The number of carbonyl (C=O) groups excluding carboxylic acids is 1. The Hall–Kier alpha value is -1.49. The average molecular weight is 247 g/mol. The molecule has 0 saturated carbocycles. The van der Waals surface area contributed by atoms with Gasteiger partial charge >= 0.3 is 0 Å². The van der Waals surface area contributed by atoms with Crippen molar-refractivity contribution in [3.05, 3.63) is 24.3 Å². The molecule has 0 radical (unpaired) electrons. The molecule has 0 aliphatic carbocycles. The summed E-state index contributed by atoms with van der Waals surface area (Å²) < 4.78 is 5.48. The van der Waals surface area contributed by atoms with Gasteiger partial charge in [0, 0.05) is 25.5 Å². The van der Waals surface area contributed by atoms with Crippen LogP contribution in [-0.4, -0.2) is 40.0 Å². The van der Waals surface area contributed by atoms with E-state index in [0.717, 1.165) is 37.9 Å². The third kappa shape index (κ3) is 2.10. The molecule has 2 fully saturated rings. The van der Waals surface area contributed by atoms with Gasteiger partial charge in [0.05, 0.1) is 17.9 Å². The van der Waals surface area contributed by atoms with Crippen molar-refractivity contribution in [2.45, 2.75) is 37.8 Å². The van der Waals surface area contributed by atoms with E-state index in [4.69, 9.17) is 4.74 Å². The van der Waals surface area contributed by atoms with E-state index in [1.807, 2.05) is 4.90 Å². The first-order valence-electron chi connectivity index (χ1n) is 6.54. The number of hydrogen-bond donors (Lipinski definition) is 0. The van der Waals surface area contributed by atoms with Crippen LogP contribution in [0.1, 0.15) is 37.4 Å². The number of amides is 1. The standard InChI is InChI=1S/C13H17N3O2/c17-13(12-4-2-8-18-12)16-7-1-3-11(16)10-9-14-5-6-15-10/h5-6,9,11-12H,1-4,7-8H2. The van der Waals surface area contributed by atoms with E-state index in [-0.39, 0.29) is 18.1 Å². The van der Waals surface area contributed by atoms with Crippen molar-refractivity contribution >= 4 is 5.91 Å². The number of nitrogens with zero attached hydrogens (tertiary/aromatic N) is 3. The first kappa shape index (κ1) is 11.6. The highest BCUT2D eigenvalue weighted by molar-refractivity contribution is 5.81. The third-order valence-corrected chi connectivity index (χ3v) is 3.67. The van der Waals surface area contributed by atoms with E-state index in [9.17, 15) is 4.79 Å². The maximum absolute atomic E-state index is 12.4. The smallest absolute Gasteiger partial charge is 0.252 e. The second kappa shape index (κ2) is 5.02. The SMILES string of the molecule is O=C(C1CCCO1)N1CCCC1c1cnccn1. The second-order valence-electron chi connectivity index (χ2n) is 4.82. The molecule has 2 atom stereocenters. The van der Waals surface area contributed by atoms with Crippen molar-refractivity contribution in [1.29, 1.82) is 0 Å². The molecule has 18 heavy (non-hydrogen) atoms. The van der Waals surface area contributed by atoms with Gasteiger partial charge in [0.1, 0.15) is 6.10 Å². The number of hydrogen-bond acceptors (Lipinski definition) is 4. The lowest BCUT2D eigenvalue weighted by Gasteiger charge is -2.26. The average Bonchev–Trinajstić information content (AvgIpc) is 3.10. The lowest BCUT2D eigenvalue weighted by Crippen LogP contribution is -2.38. The minimum absolute atomic E-state index is 0.0791.